The molecule has 0 atom stereocenters. The summed E-state index contributed by atoms with van der Waals surface area (Å²) in [5, 5.41) is 2.03. The third kappa shape index (κ3) is 3.31. The van der Waals surface area contributed by atoms with E-state index in [-0.39, 0.29) is 5.02 Å². The van der Waals surface area contributed by atoms with Gasteiger partial charge in [-0.2, -0.15) is 0 Å². The first-order valence-electron chi connectivity index (χ1n) is 7.45. The third-order valence-electron chi connectivity index (χ3n) is 3.59. The number of halogens is 2. The molecule has 0 saturated heterocycles. The zero-order valence-electron chi connectivity index (χ0n) is 12.9. The molecule has 3 aromatic heterocycles. The van der Waals surface area contributed by atoms with Gasteiger partial charge in [0.25, 0.3) is 0 Å². The predicted octanol–water partition coefficient (Wildman–Crippen LogP) is 5.48. The quantitative estimate of drug-likeness (QED) is 0.475. The summed E-state index contributed by atoms with van der Waals surface area (Å²) in [6, 6.07) is 11.9. The van der Waals surface area contributed by atoms with Gasteiger partial charge in [-0.05, 0) is 36.4 Å². The van der Waals surface area contributed by atoms with Crippen molar-refractivity contribution in [2.45, 2.75) is 6.54 Å². The van der Waals surface area contributed by atoms with Crippen molar-refractivity contribution in [3.63, 3.8) is 0 Å². The van der Waals surface area contributed by atoms with Gasteiger partial charge < -0.3 is 13.4 Å². The molecule has 4 nitrogen and oxygen atoms in total. The highest BCUT2D eigenvalue weighted by atomic mass is 35.5. The summed E-state index contributed by atoms with van der Waals surface area (Å²) in [6.45, 7) is 0.488. The number of hydrogen-bond donors (Lipinski definition) is 0. The molecule has 0 bridgehead atoms. The molecule has 0 saturated carbocycles. The molecule has 4 rings (SSSR count). The predicted molar refractivity (Wildman–Crippen MR) is 94.5 cm³/mol. The van der Waals surface area contributed by atoms with Crippen molar-refractivity contribution in [3.05, 3.63) is 81.8 Å². The summed E-state index contributed by atoms with van der Waals surface area (Å²) >= 11 is 7.18. The van der Waals surface area contributed by atoms with E-state index in [2.05, 4.69) is 4.99 Å². The molecule has 126 valence electrons. The summed E-state index contributed by atoms with van der Waals surface area (Å²) in [6.07, 6.45) is 3.25. The Balaban J connectivity index is 1.84. The Labute approximate surface area is 151 Å². The van der Waals surface area contributed by atoms with Crippen LogP contribution in [0.1, 0.15) is 5.76 Å². The van der Waals surface area contributed by atoms with E-state index in [1.165, 1.54) is 23.5 Å². The van der Waals surface area contributed by atoms with Crippen molar-refractivity contribution >= 4 is 28.6 Å². The minimum Gasteiger partial charge on any atom is -0.467 e. The average molecular weight is 375 g/mol. The van der Waals surface area contributed by atoms with Gasteiger partial charge in [-0.25, -0.2) is 9.38 Å². The van der Waals surface area contributed by atoms with Crippen molar-refractivity contribution in [2.24, 2.45) is 4.99 Å². The zero-order valence-corrected chi connectivity index (χ0v) is 14.4. The van der Waals surface area contributed by atoms with E-state index >= 15 is 0 Å². The van der Waals surface area contributed by atoms with E-state index in [9.17, 15) is 4.39 Å². The summed E-state index contributed by atoms with van der Waals surface area (Å²) in [5.41, 5.74) is 1.36. The van der Waals surface area contributed by atoms with E-state index in [0.717, 1.165) is 17.2 Å². The first kappa shape index (κ1) is 15.9. The van der Waals surface area contributed by atoms with Crippen LogP contribution in [0, 0.1) is 5.82 Å². The minimum atomic E-state index is -0.497. The Kier molecular flexibility index (Phi) is 4.29. The van der Waals surface area contributed by atoms with Gasteiger partial charge in [0, 0.05) is 11.4 Å². The Morgan fingerprint density at radius 3 is 2.68 bits per heavy atom. The molecular formula is C18H12ClFN2O2S. The standard InChI is InChI=1S/C18H12ClFN2O2S/c19-14-6-5-12(9-15(14)20)21-18-22(10-13-3-1-7-23-13)16(11-25-18)17-4-2-8-24-17/h1-9,11H,10H2. The lowest BCUT2D eigenvalue weighted by atomic mass is 10.3. The number of benzene rings is 1. The maximum atomic E-state index is 13.7. The van der Waals surface area contributed by atoms with Gasteiger partial charge in [0.05, 0.1) is 35.5 Å². The molecule has 1 aromatic carbocycles. The van der Waals surface area contributed by atoms with Crippen LogP contribution in [0.3, 0.4) is 0 Å². The highest BCUT2D eigenvalue weighted by Crippen LogP contribution is 2.24. The van der Waals surface area contributed by atoms with Crippen molar-refractivity contribution in [3.8, 4) is 11.5 Å². The van der Waals surface area contributed by atoms with Crippen LogP contribution in [-0.2, 0) is 6.54 Å². The number of hydrogen-bond acceptors (Lipinski definition) is 4. The van der Waals surface area contributed by atoms with Crippen LogP contribution in [0.15, 0.2) is 74.2 Å². The largest absolute Gasteiger partial charge is 0.467 e. The topological polar surface area (TPSA) is 43.6 Å². The number of rotatable bonds is 4. The molecule has 0 unspecified atom stereocenters. The minimum absolute atomic E-state index is 0.0740. The van der Waals surface area contributed by atoms with E-state index in [1.807, 2.05) is 34.2 Å². The van der Waals surface area contributed by atoms with Crippen LogP contribution >= 0.6 is 22.9 Å². The molecule has 4 aromatic rings. The average Bonchev–Trinajstić information content (AvgIpc) is 3.34. The maximum absolute atomic E-state index is 13.7. The molecule has 0 aliphatic carbocycles. The molecule has 25 heavy (non-hydrogen) atoms. The molecule has 0 aliphatic rings. The lowest BCUT2D eigenvalue weighted by Crippen LogP contribution is -2.16. The third-order valence-corrected chi connectivity index (χ3v) is 4.76. The van der Waals surface area contributed by atoms with E-state index in [0.29, 0.717) is 17.0 Å². The van der Waals surface area contributed by atoms with E-state index in [4.69, 9.17) is 20.4 Å². The van der Waals surface area contributed by atoms with E-state index in [1.54, 1.807) is 18.6 Å². The van der Waals surface area contributed by atoms with Crippen molar-refractivity contribution in [1.29, 1.82) is 0 Å². The molecular weight excluding hydrogens is 363 g/mol. The van der Waals surface area contributed by atoms with Gasteiger partial charge in [0.1, 0.15) is 11.6 Å². The maximum Gasteiger partial charge on any atom is 0.190 e. The second-order valence-electron chi connectivity index (χ2n) is 5.26. The molecule has 0 radical (unpaired) electrons. The second-order valence-corrected chi connectivity index (χ2v) is 6.50. The molecule has 0 aliphatic heterocycles. The zero-order chi connectivity index (χ0) is 17.2. The lowest BCUT2D eigenvalue weighted by molar-refractivity contribution is 0.489. The van der Waals surface area contributed by atoms with Gasteiger partial charge in [-0.1, -0.05) is 11.6 Å². The number of nitrogens with zero attached hydrogens (tertiary/aromatic N) is 2. The van der Waals surface area contributed by atoms with Crippen molar-refractivity contribution in [2.75, 3.05) is 0 Å². The van der Waals surface area contributed by atoms with Crippen LogP contribution in [0.2, 0.25) is 5.02 Å². The summed E-state index contributed by atoms with van der Waals surface area (Å²) in [5.74, 6) is 1.02. The van der Waals surface area contributed by atoms with Crippen LogP contribution in [-0.4, -0.2) is 4.57 Å². The number of furan rings is 2. The van der Waals surface area contributed by atoms with Crippen LogP contribution in [0.5, 0.6) is 0 Å². The highest BCUT2D eigenvalue weighted by Gasteiger charge is 2.12. The lowest BCUT2D eigenvalue weighted by Gasteiger charge is -2.05. The van der Waals surface area contributed by atoms with Gasteiger partial charge in [0.2, 0.25) is 0 Å². The van der Waals surface area contributed by atoms with Crippen LogP contribution < -0.4 is 4.80 Å². The van der Waals surface area contributed by atoms with Gasteiger partial charge in [-0.3, -0.25) is 0 Å². The van der Waals surface area contributed by atoms with E-state index < -0.39 is 5.82 Å². The molecule has 0 fully saturated rings. The Hall–Kier alpha value is -2.57. The van der Waals surface area contributed by atoms with Gasteiger partial charge in [0.15, 0.2) is 10.6 Å². The molecule has 3 heterocycles. The Morgan fingerprint density at radius 2 is 1.96 bits per heavy atom. The van der Waals surface area contributed by atoms with Gasteiger partial charge in [-0.15, -0.1) is 11.3 Å². The molecule has 0 N–H and O–H groups in total. The second kappa shape index (κ2) is 6.74. The van der Waals surface area contributed by atoms with Crippen molar-refractivity contribution < 1.29 is 13.2 Å². The highest BCUT2D eigenvalue weighted by molar-refractivity contribution is 7.07. The first-order valence-corrected chi connectivity index (χ1v) is 8.71. The fourth-order valence-electron chi connectivity index (χ4n) is 2.42. The molecule has 0 spiro atoms. The summed E-state index contributed by atoms with van der Waals surface area (Å²) in [4.78, 5) is 5.25. The normalized spacial score (nSPS) is 12.0. The van der Waals surface area contributed by atoms with Crippen LogP contribution in [0.25, 0.3) is 11.5 Å². The van der Waals surface area contributed by atoms with Gasteiger partial charge >= 0.3 is 0 Å². The fraction of sp³-hybridized carbons (Fsp3) is 0.0556. The smallest absolute Gasteiger partial charge is 0.190 e. The molecule has 7 heteroatoms. The molecule has 0 amide bonds. The van der Waals surface area contributed by atoms with Crippen molar-refractivity contribution in [1.82, 2.24) is 4.57 Å². The summed E-state index contributed by atoms with van der Waals surface area (Å²) < 4.78 is 26.6. The Morgan fingerprint density at radius 1 is 1.12 bits per heavy atom. The first-order chi connectivity index (χ1) is 12.2. The SMILES string of the molecule is Fc1cc(N=c2scc(-c3ccco3)n2Cc2ccco2)ccc1Cl. The van der Waals surface area contributed by atoms with Crippen LogP contribution in [0.4, 0.5) is 10.1 Å². The Bertz CT molecular complexity index is 1050. The summed E-state index contributed by atoms with van der Waals surface area (Å²) in [7, 11) is 0. The number of thiazole rings is 1. The fourth-order valence-corrected chi connectivity index (χ4v) is 3.44. The number of aromatic nitrogens is 1. The monoisotopic (exact) mass is 374 g/mol.